The Morgan fingerprint density at radius 1 is 1.06 bits per heavy atom. The fourth-order valence-electron chi connectivity index (χ4n) is 3.77. The molecule has 4 aromatic rings. The van der Waals surface area contributed by atoms with E-state index < -0.39 is 6.04 Å². The van der Waals surface area contributed by atoms with Gasteiger partial charge in [0.15, 0.2) is 5.52 Å². The molecule has 0 saturated heterocycles. The molecule has 0 aliphatic carbocycles. The van der Waals surface area contributed by atoms with Crippen molar-refractivity contribution in [2.45, 2.75) is 33.2 Å². The van der Waals surface area contributed by atoms with Crippen molar-refractivity contribution in [2.75, 3.05) is 6.54 Å². The summed E-state index contributed by atoms with van der Waals surface area (Å²) in [5, 5.41) is 13.3. The molecule has 4 rings (SSSR count). The van der Waals surface area contributed by atoms with Crippen molar-refractivity contribution in [1.82, 2.24) is 24.9 Å². The topological polar surface area (TPSA) is 81.8 Å². The third-order valence-corrected chi connectivity index (χ3v) is 5.77. The molecule has 8 heteroatoms. The van der Waals surface area contributed by atoms with Crippen LogP contribution in [0.4, 0.5) is 0 Å². The van der Waals surface area contributed by atoms with E-state index in [2.05, 4.69) is 15.5 Å². The average Bonchev–Trinajstić information content (AvgIpc) is 3.15. The number of hydrogen-bond donors (Lipinski definition) is 1. The SMILES string of the molecule is Cc1nn(C(C)C(=O)NCCc2ccc(Cl)cc2)c(=O)c2nn(-c3ccccc3)c(C)c12. The Balaban J connectivity index is 1.58. The van der Waals surface area contributed by atoms with Gasteiger partial charge in [0, 0.05) is 11.6 Å². The van der Waals surface area contributed by atoms with E-state index in [9.17, 15) is 9.59 Å². The van der Waals surface area contributed by atoms with Crippen molar-refractivity contribution in [1.29, 1.82) is 0 Å². The van der Waals surface area contributed by atoms with Crippen LogP contribution in [0.1, 0.15) is 29.9 Å². The van der Waals surface area contributed by atoms with E-state index in [4.69, 9.17) is 11.6 Å². The Labute approximate surface area is 190 Å². The molecule has 2 aromatic heterocycles. The van der Waals surface area contributed by atoms with Crippen LogP contribution in [0.25, 0.3) is 16.6 Å². The molecular weight excluding hydrogens is 426 g/mol. The molecule has 0 radical (unpaired) electrons. The molecule has 1 amide bonds. The van der Waals surface area contributed by atoms with Gasteiger partial charge in [-0.2, -0.15) is 10.2 Å². The third-order valence-electron chi connectivity index (χ3n) is 5.52. The largest absolute Gasteiger partial charge is 0.354 e. The molecule has 2 aromatic carbocycles. The van der Waals surface area contributed by atoms with E-state index in [1.807, 2.05) is 68.4 Å². The van der Waals surface area contributed by atoms with Crippen molar-refractivity contribution in [3.05, 3.63) is 86.9 Å². The van der Waals surface area contributed by atoms with E-state index in [-0.39, 0.29) is 11.5 Å². The molecular formula is C24H24ClN5O2. The van der Waals surface area contributed by atoms with E-state index in [1.165, 1.54) is 4.68 Å². The molecule has 0 bridgehead atoms. The van der Waals surface area contributed by atoms with E-state index in [0.717, 1.165) is 16.9 Å². The number of hydrogen-bond acceptors (Lipinski definition) is 4. The van der Waals surface area contributed by atoms with Gasteiger partial charge in [0.05, 0.1) is 22.5 Å². The lowest BCUT2D eigenvalue weighted by Gasteiger charge is -2.15. The smallest absolute Gasteiger partial charge is 0.295 e. The minimum atomic E-state index is -0.766. The van der Waals surface area contributed by atoms with Crippen LogP contribution in [0.2, 0.25) is 5.02 Å². The van der Waals surface area contributed by atoms with E-state index in [0.29, 0.717) is 34.6 Å². The zero-order chi connectivity index (χ0) is 22.8. The Bertz CT molecular complexity index is 1330. The summed E-state index contributed by atoms with van der Waals surface area (Å²) in [5.41, 5.74) is 3.33. The molecule has 1 N–H and O–H groups in total. The molecule has 0 aliphatic heterocycles. The summed E-state index contributed by atoms with van der Waals surface area (Å²) in [4.78, 5) is 25.9. The molecule has 0 saturated carbocycles. The second kappa shape index (κ2) is 8.96. The first-order chi connectivity index (χ1) is 15.4. The normalized spacial score (nSPS) is 12.1. The maximum atomic E-state index is 13.2. The number of benzene rings is 2. The predicted molar refractivity (Wildman–Crippen MR) is 125 cm³/mol. The molecule has 2 heterocycles. The standard InChI is InChI=1S/C24H24ClN5O2/c1-15-21-16(2)29(20-7-5-4-6-8-20)28-22(21)24(32)30(27-15)17(3)23(31)26-14-13-18-9-11-19(25)12-10-18/h4-12,17H,13-14H2,1-3H3,(H,26,31). The minimum Gasteiger partial charge on any atom is -0.354 e. The summed E-state index contributed by atoms with van der Waals surface area (Å²) in [6.45, 7) is 5.85. The Morgan fingerprint density at radius 3 is 2.44 bits per heavy atom. The van der Waals surface area contributed by atoms with Gasteiger partial charge < -0.3 is 5.32 Å². The summed E-state index contributed by atoms with van der Waals surface area (Å²) in [7, 11) is 0. The highest BCUT2D eigenvalue weighted by Gasteiger charge is 2.23. The Morgan fingerprint density at radius 2 is 1.75 bits per heavy atom. The number of aryl methyl sites for hydroxylation is 2. The summed E-state index contributed by atoms with van der Waals surface area (Å²) >= 11 is 5.90. The lowest BCUT2D eigenvalue weighted by atomic mass is 10.1. The lowest BCUT2D eigenvalue weighted by molar-refractivity contribution is -0.124. The number of rotatable bonds is 6. The fourth-order valence-corrected chi connectivity index (χ4v) is 3.90. The van der Waals surface area contributed by atoms with Crippen LogP contribution in [-0.4, -0.2) is 32.0 Å². The van der Waals surface area contributed by atoms with Crippen molar-refractivity contribution < 1.29 is 4.79 Å². The number of halogens is 1. The van der Waals surface area contributed by atoms with Crippen molar-refractivity contribution in [3.8, 4) is 5.69 Å². The van der Waals surface area contributed by atoms with Crippen LogP contribution < -0.4 is 10.9 Å². The molecule has 0 aliphatic rings. The van der Waals surface area contributed by atoms with E-state index in [1.54, 1.807) is 11.6 Å². The molecule has 0 fully saturated rings. The number of nitrogens with one attached hydrogen (secondary N) is 1. The van der Waals surface area contributed by atoms with E-state index >= 15 is 0 Å². The molecule has 0 spiro atoms. The van der Waals surface area contributed by atoms with Gasteiger partial charge in [-0.15, -0.1) is 0 Å². The highest BCUT2D eigenvalue weighted by molar-refractivity contribution is 6.30. The second-order valence-corrected chi connectivity index (χ2v) is 8.17. The van der Waals surface area contributed by atoms with Gasteiger partial charge in [-0.1, -0.05) is 41.9 Å². The number of nitrogens with zero attached hydrogens (tertiary/aromatic N) is 4. The number of carbonyl (C=O) groups is 1. The number of fused-ring (bicyclic) bond motifs is 1. The monoisotopic (exact) mass is 449 g/mol. The second-order valence-electron chi connectivity index (χ2n) is 7.73. The maximum absolute atomic E-state index is 13.2. The first-order valence-corrected chi connectivity index (χ1v) is 10.8. The van der Waals surface area contributed by atoms with Gasteiger partial charge in [-0.05, 0) is 57.0 Å². The van der Waals surface area contributed by atoms with Gasteiger partial charge in [-0.3, -0.25) is 9.59 Å². The lowest BCUT2D eigenvalue weighted by Crippen LogP contribution is -2.38. The molecule has 7 nitrogen and oxygen atoms in total. The number of para-hydroxylation sites is 1. The summed E-state index contributed by atoms with van der Waals surface area (Å²) < 4.78 is 2.96. The molecule has 32 heavy (non-hydrogen) atoms. The third kappa shape index (κ3) is 4.16. The van der Waals surface area contributed by atoms with Crippen LogP contribution in [0, 0.1) is 13.8 Å². The first kappa shape index (κ1) is 21.8. The van der Waals surface area contributed by atoms with Gasteiger partial charge >= 0.3 is 0 Å². The van der Waals surface area contributed by atoms with Gasteiger partial charge in [0.25, 0.3) is 5.56 Å². The molecule has 1 atom stereocenters. The molecule has 1 unspecified atom stereocenters. The van der Waals surface area contributed by atoms with Crippen LogP contribution in [-0.2, 0) is 11.2 Å². The Hall–Kier alpha value is -3.45. The summed E-state index contributed by atoms with van der Waals surface area (Å²) in [6, 6.07) is 16.3. The van der Waals surface area contributed by atoms with Gasteiger partial charge in [0.1, 0.15) is 6.04 Å². The molecule has 164 valence electrons. The quantitative estimate of drug-likeness (QED) is 0.485. The highest BCUT2D eigenvalue weighted by atomic mass is 35.5. The summed E-state index contributed by atoms with van der Waals surface area (Å²) in [6.07, 6.45) is 0.663. The highest BCUT2D eigenvalue weighted by Crippen LogP contribution is 2.21. The van der Waals surface area contributed by atoms with Gasteiger partial charge in [-0.25, -0.2) is 9.36 Å². The first-order valence-electron chi connectivity index (χ1n) is 10.4. The number of amides is 1. The predicted octanol–water partition coefficient (Wildman–Crippen LogP) is 3.77. The van der Waals surface area contributed by atoms with Crippen molar-refractivity contribution in [2.24, 2.45) is 0 Å². The average molecular weight is 450 g/mol. The van der Waals surface area contributed by atoms with Crippen LogP contribution in [0.15, 0.2) is 59.4 Å². The fraction of sp³-hybridized carbons (Fsp3) is 0.250. The van der Waals surface area contributed by atoms with Crippen LogP contribution in [0.3, 0.4) is 0 Å². The number of aromatic nitrogens is 4. The van der Waals surface area contributed by atoms with Gasteiger partial charge in [0.2, 0.25) is 5.91 Å². The zero-order valence-electron chi connectivity index (χ0n) is 18.2. The Kier molecular flexibility index (Phi) is 6.10. The minimum absolute atomic E-state index is 0.272. The zero-order valence-corrected chi connectivity index (χ0v) is 18.9. The number of carbonyl (C=O) groups excluding carboxylic acids is 1. The van der Waals surface area contributed by atoms with Crippen molar-refractivity contribution >= 4 is 28.4 Å². The van der Waals surface area contributed by atoms with Crippen LogP contribution in [0.5, 0.6) is 0 Å². The maximum Gasteiger partial charge on any atom is 0.295 e. The summed E-state index contributed by atoms with van der Waals surface area (Å²) in [5.74, 6) is -0.272. The van der Waals surface area contributed by atoms with Crippen LogP contribution >= 0.6 is 11.6 Å². The van der Waals surface area contributed by atoms with Crippen molar-refractivity contribution in [3.63, 3.8) is 0 Å².